The van der Waals surface area contributed by atoms with Crippen LogP contribution in [-0.2, 0) is 17.6 Å². The van der Waals surface area contributed by atoms with Crippen LogP contribution in [0.15, 0.2) is 12.1 Å². The van der Waals surface area contributed by atoms with E-state index in [4.69, 9.17) is 9.84 Å². The number of benzene rings is 1. The van der Waals surface area contributed by atoms with Gasteiger partial charge in [0.05, 0.1) is 6.61 Å². The average Bonchev–Trinajstić information content (AvgIpc) is 2.64. The van der Waals surface area contributed by atoms with Gasteiger partial charge < -0.3 is 9.84 Å². The van der Waals surface area contributed by atoms with E-state index in [1.165, 1.54) is 11.1 Å². The van der Waals surface area contributed by atoms with Gasteiger partial charge in [-0.2, -0.15) is 0 Å². The highest BCUT2D eigenvalue weighted by Gasteiger charge is 2.16. The highest BCUT2D eigenvalue weighted by Crippen LogP contribution is 2.31. The first-order valence-electron chi connectivity index (χ1n) is 5.64. The molecule has 0 saturated heterocycles. The van der Waals surface area contributed by atoms with Gasteiger partial charge in [-0.1, -0.05) is 17.7 Å². The van der Waals surface area contributed by atoms with Crippen molar-refractivity contribution in [1.29, 1.82) is 0 Å². The minimum Gasteiger partial charge on any atom is -0.493 e. The lowest BCUT2D eigenvalue weighted by atomic mass is 10.0. The van der Waals surface area contributed by atoms with Crippen molar-refractivity contribution in [3.8, 4) is 5.75 Å². The van der Waals surface area contributed by atoms with Crippen molar-refractivity contribution in [2.45, 2.75) is 32.6 Å². The molecule has 0 radical (unpaired) electrons. The number of carboxylic acid groups (broad SMARTS) is 1. The number of hydrogen-bond acceptors (Lipinski definition) is 2. The lowest BCUT2D eigenvalue weighted by Crippen LogP contribution is -1.98. The zero-order valence-corrected chi connectivity index (χ0v) is 9.45. The van der Waals surface area contributed by atoms with Crippen molar-refractivity contribution in [1.82, 2.24) is 0 Å². The molecule has 3 nitrogen and oxygen atoms in total. The summed E-state index contributed by atoms with van der Waals surface area (Å²) >= 11 is 0. The maximum atomic E-state index is 10.5. The number of aliphatic carboxylic acids is 1. The van der Waals surface area contributed by atoms with E-state index in [-0.39, 0.29) is 6.42 Å². The standard InChI is InChI=1S/C13H16O3/c1-9-7-10(3-2-4-12(14)15)13-11(8-9)5-6-16-13/h7-8H,2-6H2,1H3,(H,14,15). The van der Waals surface area contributed by atoms with Gasteiger partial charge in [0, 0.05) is 12.8 Å². The van der Waals surface area contributed by atoms with Gasteiger partial charge >= 0.3 is 5.97 Å². The molecule has 0 spiro atoms. The van der Waals surface area contributed by atoms with Crippen LogP contribution in [0.3, 0.4) is 0 Å². The van der Waals surface area contributed by atoms with Crippen LogP contribution in [0.4, 0.5) is 0 Å². The summed E-state index contributed by atoms with van der Waals surface area (Å²) in [6, 6.07) is 4.26. The first-order chi connectivity index (χ1) is 7.66. The fourth-order valence-corrected chi connectivity index (χ4v) is 2.18. The van der Waals surface area contributed by atoms with E-state index < -0.39 is 5.97 Å². The molecule has 1 aliphatic heterocycles. The summed E-state index contributed by atoms with van der Waals surface area (Å²) in [5.74, 6) is 0.265. The third-order valence-electron chi connectivity index (χ3n) is 2.84. The Hall–Kier alpha value is -1.51. The number of rotatable bonds is 4. The van der Waals surface area contributed by atoms with Gasteiger partial charge in [-0.15, -0.1) is 0 Å². The van der Waals surface area contributed by atoms with E-state index in [2.05, 4.69) is 19.1 Å². The molecule has 1 N–H and O–H groups in total. The topological polar surface area (TPSA) is 46.5 Å². The molecule has 3 heteroatoms. The van der Waals surface area contributed by atoms with Crippen molar-refractivity contribution < 1.29 is 14.6 Å². The number of fused-ring (bicyclic) bond motifs is 1. The van der Waals surface area contributed by atoms with Gasteiger partial charge in [0.2, 0.25) is 0 Å². The fourth-order valence-electron chi connectivity index (χ4n) is 2.18. The Kier molecular flexibility index (Phi) is 3.13. The molecule has 0 atom stereocenters. The number of ether oxygens (including phenoxy) is 1. The Bertz CT molecular complexity index is 410. The Morgan fingerprint density at radius 3 is 3.06 bits per heavy atom. The van der Waals surface area contributed by atoms with Crippen LogP contribution < -0.4 is 4.74 Å². The highest BCUT2D eigenvalue weighted by molar-refractivity contribution is 5.66. The summed E-state index contributed by atoms with van der Waals surface area (Å²) in [7, 11) is 0. The van der Waals surface area contributed by atoms with Crippen molar-refractivity contribution in [2.24, 2.45) is 0 Å². The molecule has 16 heavy (non-hydrogen) atoms. The molecular formula is C13H16O3. The molecule has 0 bridgehead atoms. The van der Waals surface area contributed by atoms with E-state index >= 15 is 0 Å². The van der Waals surface area contributed by atoms with Crippen LogP contribution in [0.25, 0.3) is 0 Å². The molecule has 1 heterocycles. The van der Waals surface area contributed by atoms with E-state index in [0.717, 1.165) is 30.8 Å². The summed E-state index contributed by atoms with van der Waals surface area (Å²) < 4.78 is 5.59. The van der Waals surface area contributed by atoms with Gasteiger partial charge in [-0.3, -0.25) is 4.79 Å². The molecule has 0 amide bonds. The Labute approximate surface area is 95.0 Å². The zero-order chi connectivity index (χ0) is 11.5. The Morgan fingerprint density at radius 2 is 2.31 bits per heavy atom. The number of aryl methyl sites for hydroxylation is 2. The number of carboxylic acids is 1. The van der Waals surface area contributed by atoms with Crippen molar-refractivity contribution in [3.05, 3.63) is 28.8 Å². The lowest BCUT2D eigenvalue weighted by Gasteiger charge is -2.08. The fraction of sp³-hybridized carbons (Fsp3) is 0.462. The normalized spacial score (nSPS) is 13.3. The first-order valence-corrected chi connectivity index (χ1v) is 5.64. The molecule has 1 aliphatic rings. The SMILES string of the molecule is Cc1cc(CCCC(=O)O)c2c(c1)CCO2. The van der Waals surface area contributed by atoms with Crippen molar-refractivity contribution in [3.63, 3.8) is 0 Å². The minimum absolute atomic E-state index is 0.225. The highest BCUT2D eigenvalue weighted by atomic mass is 16.5. The third kappa shape index (κ3) is 2.35. The third-order valence-corrected chi connectivity index (χ3v) is 2.84. The maximum Gasteiger partial charge on any atom is 0.303 e. The van der Waals surface area contributed by atoms with Crippen LogP contribution in [0.2, 0.25) is 0 Å². The van der Waals surface area contributed by atoms with Gasteiger partial charge in [0.1, 0.15) is 5.75 Å². The predicted molar refractivity (Wildman–Crippen MR) is 61.0 cm³/mol. The van der Waals surface area contributed by atoms with Crippen LogP contribution in [0.1, 0.15) is 29.5 Å². The second-order valence-electron chi connectivity index (χ2n) is 4.26. The van der Waals surface area contributed by atoms with Crippen LogP contribution in [-0.4, -0.2) is 17.7 Å². The van der Waals surface area contributed by atoms with E-state index in [1.807, 2.05) is 0 Å². The molecule has 0 aliphatic carbocycles. The van der Waals surface area contributed by atoms with Gasteiger partial charge in [-0.25, -0.2) is 0 Å². The second-order valence-corrected chi connectivity index (χ2v) is 4.26. The number of hydrogen-bond donors (Lipinski definition) is 1. The van der Waals surface area contributed by atoms with Crippen LogP contribution >= 0.6 is 0 Å². The Morgan fingerprint density at radius 1 is 1.50 bits per heavy atom. The zero-order valence-electron chi connectivity index (χ0n) is 9.45. The summed E-state index contributed by atoms with van der Waals surface area (Å²) in [4.78, 5) is 10.5. The molecule has 0 saturated carbocycles. The monoisotopic (exact) mass is 220 g/mol. The molecular weight excluding hydrogens is 204 g/mol. The first kappa shape index (κ1) is 11.0. The predicted octanol–water partition coefficient (Wildman–Crippen LogP) is 2.34. The minimum atomic E-state index is -0.731. The van der Waals surface area contributed by atoms with Gasteiger partial charge in [-0.05, 0) is 30.9 Å². The maximum absolute atomic E-state index is 10.5. The summed E-state index contributed by atoms with van der Waals surface area (Å²) in [5.41, 5.74) is 3.66. The van der Waals surface area contributed by atoms with E-state index in [9.17, 15) is 4.79 Å². The molecule has 0 unspecified atom stereocenters. The van der Waals surface area contributed by atoms with Gasteiger partial charge in [0.15, 0.2) is 0 Å². The quantitative estimate of drug-likeness (QED) is 0.847. The van der Waals surface area contributed by atoms with Crippen LogP contribution in [0, 0.1) is 6.92 Å². The summed E-state index contributed by atoms with van der Waals surface area (Å²) in [6.07, 6.45) is 2.66. The largest absolute Gasteiger partial charge is 0.493 e. The molecule has 1 aromatic rings. The number of carbonyl (C=O) groups is 1. The van der Waals surface area contributed by atoms with E-state index in [1.54, 1.807) is 0 Å². The van der Waals surface area contributed by atoms with Crippen molar-refractivity contribution in [2.75, 3.05) is 6.61 Å². The second kappa shape index (κ2) is 4.56. The lowest BCUT2D eigenvalue weighted by molar-refractivity contribution is -0.137. The average molecular weight is 220 g/mol. The summed E-state index contributed by atoms with van der Waals surface area (Å²) in [5, 5.41) is 8.61. The molecule has 0 aromatic heterocycles. The molecule has 1 aromatic carbocycles. The van der Waals surface area contributed by atoms with E-state index in [0.29, 0.717) is 6.42 Å². The summed E-state index contributed by atoms with van der Waals surface area (Å²) in [6.45, 7) is 2.82. The van der Waals surface area contributed by atoms with Crippen molar-refractivity contribution >= 4 is 5.97 Å². The van der Waals surface area contributed by atoms with Gasteiger partial charge in [0.25, 0.3) is 0 Å². The Balaban J connectivity index is 2.11. The molecule has 2 rings (SSSR count). The van der Waals surface area contributed by atoms with Crippen LogP contribution in [0.5, 0.6) is 5.75 Å². The molecule has 0 fully saturated rings. The molecule has 86 valence electrons. The smallest absolute Gasteiger partial charge is 0.303 e.